The Balaban J connectivity index is 1.60. The topological polar surface area (TPSA) is 80.3 Å². The van der Waals surface area contributed by atoms with Gasteiger partial charge in [0.15, 0.2) is 17.3 Å². The zero-order valence-corrected chi connectivity index (χ0v) is 14.4. The predicted molar refractivity (Wildman–Crippen MR) is 91.6 cm³/mol. The molecule has 3 heterocycles. The number of halogens is 1. The molecule has 0 bridgehead atoms. The van der Waals surface area contributed by atoms with E-state index >= 15 is 0 Å². The molecule has 0 radical (unpaired) electrons. The van der Waals surface area contributed by atoms with Gasteiger partial charge in [0, 0.05) is 19.1 Å². The van der Waals surface area contributed by atoms with Crippen molar-refractivity contribution in [3.63, 3.8) is 0 Å². The Morgan fingerprint density at radius 2 is 1.96 bits per heavy atom. The second-order valence-electron chi connectivity index (χ2n) is 5.89. The number of nitrogens with zero attached hydrogens (tertiary/aromatic N) is 4. The van der Waals surface area contributed by atoms with Gasteiger partial charge < -0.3 is 9.47 Å². The molecule has 0 amide bonds. The number of aromatic nitrogens is 4. The van der Waals surface area contributed by atoms with Gasteiger partial charge in [0.2, 0.25) is 0 Å². The molecule has 0 saturated carbocycles. The molecule has 0 saturated heterocycles. The van der Waals surface area contributed by atoms with Crippen LogP contribution in [0.1, 0.15) is 0 Å². The van der Waals surface area contributed by atoms with Gasteiger partial charge in [0.1, 0.15) is 12.4 Å². The Kier molecular flexibility index (Phi) is 3.57. The maximum Gasteiger partial charge on any atom is 0.332 e. The predicted octanol–water partition coefficient (Wildman–Crippen LogP) is 0.927. The molecule has 2 aromatic heterocycles. The first kappa shape index (κ1) is 15.8. The summed E-state index contributed by atoms with van der Waals surface area (Å²) in [6.45, 7) is 0.728. The molecule has 1 atom stereocenters. The summed E-state index contributed by atoms with van der Waals surface area (Å²) >= 11 is 5.84. The highest BCUT2D eigenvalue weighted by molar-refractivity contribution is 6.30. The Morgan fingerprint density at radius 1 is 1.24 bits per heavy atom. The Hall–Kier alpha value is -2.74. The summed E-state index contributed by atoms with van der Waals surface area (Å²) in [5.41, 5.74) is -0.134. The van der Waals surface area contributed by atoms with Crippen molar-refractivity contribution in [1.29, 1.82) is 0 Å². The van der Waals surface area contributed by atoms with Crippen LogP contribution in [-0.2, 0) is 20.6 Å². The van der Waals surface area contributed by atoms with Crippen molar-refractivity contribution in [2.75, 3.05) is 6.61 Å². The first-order valence-corrected chi connectivity index (χ1v) is 8.05. The number of hydrogen-bond donors (Lipinski definition) is 0. The summed E-state index contributed by atoms with van der Waals surface area (Å²) in [6, 6.07) is 7.36. The van der Waals surface area contributed by atoms with Gasteiger partial charge in [-0.15, -0.1) is 0 Å². The highest BCUT2D eigenvalue weighted by Crippen LogP contribution is 2.26. The van der Waals surface area contributed by atoms with Crippen molar-refractivity contribution in [3.8, 4) is 11.8 Å². The number of benzene rings is 1. The SMILES string of the molecule is Cn1c(=O)c2c(nc3n2C[C@H](COc2ccc(Cl)cc2)O3)n(C)c1=O. The summed E-state index contributed by atoms with van der Waals surface area (Å²) in [4.78, 5) is 28.7. The Labute approximate surface area is 146 Å². The van der Waals surface area contributed by atoms with Gasteiger partial charge in [-0.05, 0) is 24.3 Å². The third-order valence-electron chi connectivity index (χ3n) is 4.22. The summed E-state index contributed by atoms with van der Waals surface area (Å²) in [5.74, 6) is 0.681. The van der Waals surface area contributed by atoms with Crippen molar-refractivity contribution in [1.82, 2.24) is 18.7 Å². The monoisotopic (exact) mass is 362 g/mol. The smallest absolute Gasteiger partial charge is 0.332 e. The van der Waals surface area contributed by atoms with Crippen molar-refractivity contribution in [3.05, 3.63) is 50.1 Å². The largest absolute Gasteiger partial charge is 0.490 e. The number of imidazole rings is 1. The van der Waals surface area contributed by atoms with Crippen molar-refractivity contribution < 1.29 is 9.47 Å². The van der Waals surface area contributed by atoms with Crippen molar-refractivity contribution >= 4 is 22.8 Å². The zero-order chi connectivity index (χ0) is 17.7. The molecule has 0 aliphatic carbocycles. The minimum Gasteiger partial charge on any atom is -0.490 e. The van der Waals surface area contributed by atoms with Gasteiger partial charge in [0.25, 0.3) is 11.6 Å². The first-order valence-electron chi connectivity index (χ1n) is 7.67. The molecule has 4 rings (SSSR count). The fourth-order valence-corrected chi connectivity index (χ4v) is 3.01. The van der Waals surface area contributed by atoms with E-state index in [9.17, 15) is 9.59 Å². The molecular weight excluding hydrogens is 348 g/mol. The van der Waals surface area contributed by atoms with Crippen LogP contribution in [0.3, 0.4) is 0 Å². The van der Waals surface area contributed by atoms with Crippen molar-refractivity contribution in [2.45, 2.75) is 12.6 Å². The summed E-state index contributed by atoms with van der Waals surface area (Å²) in [5, 5.41) is 0.637. The molecular formula is C16H15ClN4O4. The van der Waals surface area contributed by atoms with E-state index in [0.717, 1.165) is 4.57 Å². The van der Waals surface area contributed by atoms with Gasteiger partial charge in [-0.3, -0.25) is 18.5 Å². The second kappa shape index (κ2) is 5.66. The lowest BCUT2D eigenvalue weighted by Gasteiger charge is -2.12. The number of rotatable bonds is 3. The van der Waals surface area contributed by atoms with E-state index in [1.807, 2.05) is 0 Å². The summed E-state index contributed by atoms with van der Waals surface area (Å²) in [6.07, 6.45) is -0.274. The quantitative estimate of drug-likeness (QED) is 0.692. The van der Waals surface area contributed by atoms with Crippen LogP contribution < -0.4 is 20.7 Å². The van der Waals surface area contributed by atoms with E-state index in [1.165, 1.54) is 11.6 Å². The molecule has 9 heteroatoms. The number of fused-ring (bicyclic) bond motifs is 3. The molecule has 0 spiro atoms. The molecule has 1 aliphatic heterocycles. The number of ether oxygens (including phenoxy) is 2. The van der Waals surface area contributed by atoms with Crippen molar-refractivity contribution in [2.24, 2.45) is 14.1 Å². The number of hydrogen-bond acceptors (Lipinski definition) is 5. The first-order chi connectivity index (χ1) is 12.0. The standard InChI is InChI=1S/C16H15ClN4O4/c1-19-13-12(14(22)20(2)16(19)23)21-7-11(25-15(21)18-13)8-24-10-5-3-9(17)4-6-10/h3-6,11H,7-8H2,1-2H3/t11-/m1/s1. The van der Waals surface area contributed by atoms with Gasteiger partial charge in [-0.1, -0.05) is 11.6 Å². The molecule has 0 unspecified atom stereocenters. The van der Waals surface area contributed by atoms with E-state index in [4.69, 9.17) is 21.1 Å². The molecule has 130 valence electrons. The maximum atomic E-state index is 12.4. The Morgan fingerprint density at radius 3 is 2.68 bits per heavy atom. The van der Waals surface area contributed by atoms with Crippen LogP contribution in [0.25, 0.3) is 11.2 Å². The van der Waals surface area contributed by atoms with E-state index in [0.29, 0.717) is 41.1 Å². The van der Waals surface area contributed by atoms with Gasteiger partial charge >= 0.3 is 5.69 Å². The molecule has 8 nitrogen and oxygen atoms in total. The van der Waals surface area contributed by atoms with Gasteiger partial charge in [0.05, 0.1) is 6.54 Å². The van der Waals surface area contributed by atoms with E-state index < -0.39 is 5.69 Å². The number of aryl methyl sites for hydroxylation is 1. The zero-order valence-electron chi connectivity index (χ0n) is 13.6. The molecule has 0 N–H and O–H groups in total. The lowest BCUT2D eigenvalue weighted by atomic mass is 10.3. The molecule has 3 aromatic rings. The normalized spacial score (nSPS) is 16.0. The molecule has 1 aliphatic rings. The third kappa shape index (κ3) is 2.49. The molecule has 1 aromatic carbocycles. The van der Waals surface area contributed by atoms with Gasteiger partial charge in [-0.2, -0.15) is 4.98 Å². The van der Waals surface area contributed by atoms with Crippen LogP contribution in [0.2, 0.25) is 5.02 Å². The maximum absolute atomic E-state index is 12.4. The average Bonchev–Trinajstić information content (AvgIpc) is 3.15. The molecule has 0 fully saturated rings. The van der Waals surface area contributed by atoms with Crippen LogP contribution >= 0.6 is 11.6 Å². The van der Waals surface area contributed by atoms with E-state index in [-0.39, 0.29) is 11.7 Å². The molecule has 25 heavy (non-hydrogen) atoms. The Bertz CT molecular complexity index is 1080. The highest BCUT2D eigenvalue weighted by atomic mass is 35.5. The lowest BCUT2D eigenvalue weighted by molar-refractivity contribution is 0.144. The van der Waals surface area contributed by atoms with E-state index in [2.05, 4.69) is 4.98 Å². The van der Waals surface area contributed by atoms with Crippen LogP contribution in [0.5, 0.6) is 11.8 Å². The third-order valence-corrected chi connectivity index (χ3v) is 4.47. The van der Waals surface area contributed by atoms with Crippen LogP contribution in [0, 0.1) is 0 Å². The van der Waals surface area contributed by atoms with Gasteiger partial charge in [-0.25, -0.2) is 4.79 Å². The van der Waals surface area contributed by atoms with Crippen LogP contribution in [0.4, 0.5) is 0 Å². The fraction of sp³-hybridized carbons (Fsp3) is 0.312. The van der Waals surface area contributed by atoms with Crippen LogP contribution in [-0.4, -0.2) is 31.4 Å². The summed E-state index contributed by atoms with van der Waals surface area (Å²) in [7, 11) is 3.02. The fourth-order valence-electron chi connectivity index (χ4n) is 2.88. The lowest BCUT2D eigenvalue weighted by Crippen LogP contribution is -2.37. The highest BCUT2D eigenvalue weighted by Gasteiger charge is 2.30. The summed E-state index contributed by atoms with van der Waals surface area (Å²) < 4.78 is 15.5. The van der Waals surface area contributed by atoms with Crippen LogP contribution in [0.15, 0.2) is 33.9 Å². The average molecular weight is 363 g/mol. The van der Waals surface area contributed by atoms with E-state index in [1.54, 1.807) is 35.9 Å². The minimum atomic E-state index is -0.420. The minimum absolute atomic E-state index is 0.274. The second-order valence-corrected chi connectivity index (χ2v) is 6.32.